The van der Waals surface area contributed by atoms with Crippen LogP contribution in [0.2, 0.25) is 0 Å². The van der Waals surface area contributed by atoms with Gasteiger partial charge in [-0.15, -0.1) is 13.2 Å². The van der Waals surface area contributed by atoms with Gasteiger partial charge in [-0.3, -0.25) is 4.79 Å². The monoisotopic (exact) mass is 273 g/mol. The molecule has 0 aliphatic heterocycles. The van der Waals surface area contributed by atoms with Gasteiger partial charge in [0.15, 0.2) is 0 Å². The van der Waals surface area contributed by atoms with E-state index >= 15 is 0 Å². The number of hydrogen-bond acceptors (Lipinski definition) is 3. The third kappa shape index (κ3) is 4.57. The molecule has 0 heterocycles. The number of phenols is 1. The van der Waals surface area contributed by atoms with E-state index in [2.05, 4.69) is 20.1 Å². The maximum absolute atomic E-state index is 11.4. The Morgan fingerprint density at radius 2 is 1.75 bits per heavy atom. The molecule has 0 aliphatic carbocycles. The van der Waals surface area contributed by atoms with Gasteiger partial charge in [-0.05, 0) is 42.9 Å². The Hall–Kier alpha value is -2.03. The number of ether oxygens (including phenoxy) is 1. The van der Waals surface area contributed by atoms with Gasteiger partial charge in [-0.25, -0.2) is 0 Å². The minimum absolute atomic E-state index is 0.151. The molecule has 1 aromatic carbocycles. The maximum Gasteiger partial charge on any atom is 0.306 e. The Morgan fingerprint density at radius 1 is 1.20 bits per heavy atom. The zero-order chi connectivity index (χ0) is 15.0. The molecule has 0 saturated heterocycles. The fraction of sp³-hybridized carbons (Fsp3) is 0.294. The van der Waals surface area contributed by atoms with Gasteiger partial charge in [-0.1, -0.05) is 24.3 Å². The predicted octanol–water partition coefficient (Wildman–Crippen LogP) is 3.16. The number of aromatic hydroxyl groups is 1. The van der Waals surface area contributed by atoms with Crippen LogP contribution < -0.4 is 0 Å². The predicted molar refractivity (Wildman–Crippen MR) is 80.5 cm³/mol. The first-order valence-electron chi connectivity index (χ1n) is 6.62. The molecule has 0 saturated carbocycles. The van der Waals surface area contributed by atoms with Crippen molar-refractivity contribution in [1.29, 1.82) is 0 Å². The molecule has 0 bridgehead atoms. The lowest BCUT2D eigenvalue weighted by molar-refractivity contribution is -0.142. The van der Waals surface area contributed by atoms with Crippen LogP contribution in [-0.4, -0.2) is 17.7 Å². The third-order valence-electron chi connectivity index (χ3n) is 2.94. The second-order valence-electron chi connectivity index (χ2n) is 4.47. The first-order valence-corrected chi connectivity index (χ1v) is 6.62. The number of allylic oxidation sites excluding steroid dienone is 2. The van der Waals surface area contributed by atoms with Crippen LogP contribution in [-0.2, 0) is 28.8 Å². The Bertz CT molecular complexity index is 458. The number of phenolic OH excluding ortho intramolecular Hbond substituents is 1. The lowest BCUT2D eigenvalue weighted by Gasteiger charge is -2.11. The molecule has 1 radical (unpaired) electrons. The van der Waals surface area contributed by atoms with Crippen LogP contribution in [0.1, 0.15) is 23.1 Å². The van der Waals surface area contributed by atoms with Crippen LogP contribution >= 0.6 is 0 Å². The third-order valence-corrected chi connectivity index (χ3v) is 2.94. The summed E-state index contributed by atoms with van der Waals surface area (Å²) in [4.78, 5) is 11.4. The molecular weight excluding hydrogens is 252 g/mol. The Labute approximate surface area is 120 Å². The van der Waals surface area contributed by atoms with Gasteiger partial charge in [0.1, 0.15) is 5.75 Å². The molecule has 0 spiro atoms. The Kier molecular flexibility index (Phi) is 6.57. The first kappa shape index (κ1) is 16.0. The number of rotatable bonds is 8. The largest absolute Gasteiger partial charge is 0.507 e. The van der Waals surface area contributed by atoms with E-state index < -0.39 is 0 Å². The highest BCUT2D eigenvalue weighted by atomic mass is 16.5. The summed E-state index contributed by atoms with van der Waals surface area (Å²) in [6.45, 7) is 11.0. The summed E-state index contributed by atoms with van der Waals surface area (Å²) in [6.07, 6.45) is 5.55. The molecular formula is C17H21O3. The second kappa shape index (κ2) is 8.20. The fourth-order valence-corrected chi connectivity index (χ4v) is 2.03. The average molecular weight is 273 g/mol. The van der Waals surface area contributed by atoms with Gasteiger partial charge in [0.25, 0.3) is 0 Å². The van der Waals surface area contributed by atoms with Crippen LogP contribution in [0.15, 0.2) is 37.4 Å². The number of aryl methyl sites for hydroxylation is 1. The zero-order valence-corrected chi connectivity index (χ0v) is 11.7. The van der Waals surface area contributed by atoms with Crippen LogP contribution in [0.25, 0.3) is 0 Å². The lowest BCUT2D eigenvalue weighted by Crippen LogP contribution is -2.06. The first-order chi connectivity index (χ1) is 9.62. The Morgan fingerprint density at radius 3 is 2.20 bits per heavy atom. The standard InChI is InChI=1S/C17H21O3/c1-4-7-14-11-13(9-10-16(18)20-6-3)12-15(8-5-2)17(14)19/h4-5,11-12,19H,1-3,6-10H2. The molecule has 0 amide bonds. The van der Waals surface area contributed by atoms with E-state index in [0.717, 1.165) is 16.7 Å². The van der Waals surface area contributed by atoms with Gasteiger partial charge in [0, 0.05) is 6.42 Å². The molecule has 1 rings (SSSR count). The quantitative estimate of drug-likeness (QED) is 0.584. The highest BCUT2D eigenvalue weighted by molar-refractivity contribution is 5.69. The number of hydrogen-bond donors (Lipinski definition) is 1. The summed E-state index contributed by atoms with van der Waals surface area (Å²) in [6, 6.07) is 3.81. The van der Waals surface area contributed by atoms with Crippen LogP contribution in [0.4, 0.5) is 0 Å². The molecule has 3 heteroatoms. The molecule has 0 fully saturated rings. The summed E-state index contributed by atoms with van der Waals surface area (Å²) < 4.78 is 4.81. The van der Waals surface area contributed by atoms with Crippen molar-refractivity contribution in [3.8, 4) is 5.75 Å². The molecule has 0 aromatic heterocycles. The molecule has 20 heavy (non-hydrogen) atoms. The zero-order valence-electron chi connectivity index (χ0n) is 11.7. The molecule has 0 atom stereocenters. The van der Waals surface area contributed by atoms with Crippen molar-refractivity contribution in [2.75, 3.05) is 6.61 Å². The van der Waals surface area contributed by atoms with Gasteiger partial charge in [0.2, 0.25) is 0 Å². The summed E-state index contributed by atoms with van der Waals surface area (Å²) in [7, 11) is 0. The lowest BCUT2D eigenvalue weighted by atomic mass is 9.97. The van der Waals surface area contributed by atoms with E-state index in [1.807, 2.05) is 12.1 Å². The van der Waals surface area contributed by atoms with Crippen molar-refractivity contribution in [2.24, 2.45) is 0 Å². The van der Waals surface area contributed by atoms with Crippen LogP contribution in [0, 0.1) is 6.92 Å². The Balaban J connectivity index is 2.91. The van der Waals surface area contributed by atoms with E-state index in [0.29, 0.717) is 25.7 Å². The summed E-state index contributed by atoms with van der Waals surface area (Å²) in [5, 5.41) is 10.1. The van der Waals surface area contributed by atoms with Crippen molar-refractivity contribution in [3.05, 3.63) is 61.1 Å². The fourth-order valence-electron chi connectivity index (χ4n) is 2.03. The molecule has 1 aromatic rings. The molecule has 0 unspecified atom stereocenters. The van der Waals surface area contributed by atoms with Gasteiger partial charge in [0.05, 0.1) is 6.61 Å². The number of esters is 1. The second-order valence-corrected chi connectivity index (χ2v) is 4.47. The van der Waals surface area contributed by atoms with Crippen molar-refractivity contribution in [2.45, 2.75) is 25.7 Å². The van der Waals surface area contributed by atoms with Crippen molar-refractivity contribution < 1.29 is 14.6 Å². The summed E-state index contributed by atoms with van der Waals surface area (Å²) in [5.41, 5.74) is 2.64. The van der Waals surface area contributed by atoms with Crippen molar-refractivity contribution >= 4 is 5.97 Å². The minimum Gasteiger partial charge on any atom is -0.507 e. The molecule has 1 N–H and O–H groups in total. The van der Waals surface area contributed by atoms with E-state index in [4.69, 9.17) is 4.74 Å². The van der Waals surface area contributed by atoms with Gasteiger partial charge >= 0.3 is 5.97 Å². The molecule has 3 nitrogen and oxygen atoms in total. The normalized spacial score (nSPS) is 10.1. The molecule has 0 aliphatic rings. The topological polar surface area (TPSA) is 46.5 Å². The summed E-state index contributed by atoms with van der Waals surface area (Å²) in [5.74, 6) is 0.0255. The smallest absolute Gasteiger partial charge is 0.306 e. The number of carbonyl (C=O) groups is 1. The maximum atomic E-state index is 11.4. The highest BCUT2D eigenvalue weighted by Crippen LogP contribution is 2.27. The van der Waals surface area contributed by atoms with E-state index in [-0.39, 0.29) is 18.3 Å². The van der Waals surface area contributed by atoms with Gasteiger partial charge in [-0.2, -0.15) is 0 Å². The molecule has 107 valence electrons. The van der Waals surface area contributed by atoms with E-state index in [1.165, 1.54) is 0 Å². The van der Waals surface area contributed by atoms with E-state index in [9.17, 15) is 9.90 Å². The van der Waals surface area contributed by atoms with Crippen molar-refractivity contribution in [3.63, 3.8) is 0 Å². The SMILES string of the molecule is [CH2]COC(=O)CCc1cc(CC=C)c(O)c(CC=C)c1. The van der Waals surface area contributed by atoms with Crippen LogP contribution in [0.5, 0.6) is 5.75 Å². The highest BCUT2D eigenvalue weighted by Gasteiger charge is 2.10. The number of carbonyl (C=O) groups excluding carboxylic acids is 1. The minimum atomic E-state index is -0.261. The summed E-state index contributed by atoms with van der Waals surface area (Å²) >= 11 is 0. The van der Waals surface area contributed by atoms with Crippen LogP contribution in [0.3, 0.4) is 0 Å². The van der Waals surface area contributed by atoms with Gasteiger partial charge < -0.3 is 9.84 Å². The van der Waals surface area contributed by atoms with Crippen molar-refractivity contribution in [1.82, 2.24) is 0 Å². The number of benzene rings is 1. The van der Waals surface area contributed by atoms with E-state index in [1.54, 1.807) is 12.2 Å². The average Bonchev–Trinajstić information content (AvgIpc) is 2.42.